The van der Waals surface area contributed by atoms with Gasteiger partial charge in [0.2, 0.25) is 0 Å². The predicted molar refractivity (Wildman–Crippen MR) is 105 cm³/mol. The minimum absolute atomic E-state index is 0.234. The van der Waals surface area contributed by atoms with Crippen molar-refractivity contribution >= 4 is 33.0 Å². The van der Waals surface area contributed by atoms with Crippen molar-refractivity contribution in [3.63, 3.8) is 0 Å². The molecule has 1 aliphatic rings. The summed E-state index contributed by atoms with van der Waals surface area (Å²) >= 11 is 1.03. The molecule has 0 aliphatic carbocycles. The Morgan fingerprint density at radius 1 is 1.15 bits per heavy atom. The fourth-order valence-corrected chi connectivity index (χ4v) is 5.83. The first kappa shape index (κ1) is 19.1. The van der Waals surface area contributed by atoms with Crippen molar-refractivity contribution < 1.29 is 13.2 Å². The SMILES string of the molecule is Cc1cccc(NC(=O)c2ccc(S(=O)(=O)N3CCC(C)CC3)s2)c1C. The van der Waals surface area contributed by atoms with Crippen LogP contribution in [0, 0.1) is 19.8 Å². The number of aryl methyl sites for hydroxylation is 1. The highest BCUT2D eigenvalue weighted by Crippen LogP contribution is 2.29. The second kappa shape index (κ2) is 7.50. The molecule has 1 aromatic heterocycles. The van der Waals surface area contributed by atoms with E-state index < -0.39 is 10.0 Å². The van der Waals surface area contributed by atoms with Gasteiger partial charge >= 0.3 is 0 Å². The van der Waals surface area contributed by atoms with Gasteiger partial charge in [-0.05, 0) is 61.9 Å². The van der Waals surface area contributed by atoms with Crippen LogP contribution in [0.2, 0.25) is 0 Å². The van der Waals surface area contributed by atoms with E-state index in [1.54, 1.807) is 6.07 Å². The number of nitrogens with one attached hydrogen (secondary N) is 1. The molecular weight excluding hydrogens is 368 g/mol. The maximum atomic E-state index is 12.8. The first-order chi connectivity index (χ1) is 12.3. The third-order valence-electron chi connectivity index (χ3n) is 4.99. The largest absolute Gasteiger partial charge is 0.321 e. The molecule has 0 spiro atoms. The zero-order valence-electron chi connectivity index (χ0n) is 15.3. The van der Waals surface area contributed by atoms with Crippen molar-refractivity contribution in [2.45, 2.75) is 37.8 Å². The van der Waals surface area contributed by atoms with Crippen LogP contribution >= 0.6 is 11.3 Å². The number of piperidine rings is 1. The summed E-state index contributed by atoms with van der Waals surface area (Å²) in [6.07, 6.45) is 1.76. The molecule has 0 saturated carbocycles. The first-order valence-electron chi connectivity index (χ1n) is 8.76. The fraction of sp³-hybridized carbons (Fsp3) is 0.421. The second-order valence-corrected chi connectivity index (χ2v) is 10.2. The summed E-state index contributed by atoms with van der Waals surface area (Å²) in [6.45, 7) is 7.18. The van der Waals surface area contributed by atoms with Gasteiger partial charge in [-0.15, -0.1) is 11.3 Å². The zero-order valence-corrected chi connectivity index (χ0v) is 16.9. The lowest BCUT2D eigenvalue weighted by molar-refractivity contribution is 0.103. The highest BCUT2D eigenvalue weighted by atomic mass is 32.2. The molecule has 1 aliphatic heterocycles. The molecule has 7 heteroatoms. The van der Waals surface area contributed by atoms with Crippen molar-refractivity contribution in [3.8, 4) is 0 Å². The van der Waals surface area contributed by atoms with Crippen LogP contribution in [-0.2, 0) is 10.0 Å². The molecule has 3 rings (SSSR count). The average Bonchev–Trinajstić information content (AvgIpc) is 3.10. The number of sulfonamides is 1. The standard InChI is InChI=1S/C19H24N2O3S2/c1-13-9-11-21(12-10-13)26(23,24)18-8-7-17(25-18)19(22)20-16-6-4-5-14(2)15(16)3/h4-8,13H,9-12H2,1-3H3,(H,20,22). The summed E-state index contributed by atoms with van der Waals surface area (Å²) in [5, 5.41) is 2.88. The summed E-state index contributed by atoms with van der Waals surface area (Å²) < 4.78 is 27.4. The van der Waals surface area contributed by atoms with Gasteiger partial charge in [-0.2, -0.15) is 4.31 Å². The van der Waals surface area contributed by atoms with Crippen molar-refractivity contribution in [3.05, 3.63) is 46.3 Å². The number of anilines is 1. The van der Waals surface area contributed by atoms with Crippen molar-refractivity contribution in [2.75, 3.05) is 18.4 Å². The van der Waals surface area contributed by atoms with Crippen molar-refractivity contribution in [2.24, 2.45) is 5.92 Å². The number of hydrogen-bond acceptors (Lipinski definition) is 4. The number of amides is 1. The number of carbonyl (C=O) groups is 1. The van der Waals surface area contributed by atoms with Gasteiger partial charge in [0.15, 0.2) is 0 Å². The molecule has 1 fully saturated rings. The average molecular weight is 393 g/mol. The highest BCUT2D eigenvalue weighted by Gasteiger charge is 2.29. The number of benzene rings is 1. The third kappa shape index (κ3) is 3.84. The summed E-state index contributed by atoms with van der Waals surface area (Å²) in [5.74, 6) is 0.279. The summed E-state index contributed by atoms with van der Waals surface area (Å²) in [7, 11) is -3.51. The molecule has 1 amide bonds. The van der Waals surface area contributed by atoms with Gasteiger partial charge in [0.1, 0.15) is 4.21 Å². The lowest BCUT2D eigenvalue weighted by atomic mass is 10.0. The van der Waals surface area contributed by atoms with E-state index in [1.165, 1.54) is 10.4 Å². The summed E-state index contributed by atoms with van der Waals surface area (Å²) in [5.41, 5.74) is 2.85. The maximum absolute atomic E-state index is 12.8. The van der Waals surface area contributed by atoms with Gasteiger partial charge in [-0.25, -0.2) is 8.42 Å². The Hall–Kier alpha value is -1.70. The van der Waals surface area contributed by atoms with Crippen LogP contribution < -0.4 is 5.32 Å². The molecule has 1 aromatic carbocycles. The van der Waals surface area contributed by atoms with Crippen LogP contribution in [0.5, 0.6) is 0 Å². The minimum Gasteiger partial charge on any atom is -0.321 e. The monoisotopic (exact) mass is 392 g/mol. The van der Waals surface area contributed by atoms with E-state index in [0.717, 1.165) is 41.0 Å². The van der Waals surface area contributed by atoms with Crippen molar-refractivity contribution in [1.29, 1.82) is 0 Å². The molecular formula is C19H24N2O3S2. The Labute approximate surface area is 159 Å². The maximum Gasteiger partial charge on any atom is 0.265 e. The molecule has 2 heterocycles. The molecule has 0 bridgehead atoms. The van der Waals surface area contributed by atoms with Crippen LogP contribution in [0.25, 0.3) is 0 Å². The Morgan fingerprint density at radius 3 is 2.54 bits per heavy atom. The van der Waals surface area contributed by atoms with Gasteiger partial charge in [0, 0.05) is 18.8 Å². The second-order valence-electron chi connectivity index (χ2n) is 6.91. The van der Waals surface area contributed by atoms with E-state index in [9.17, 15) is 13.2 Å². The molecule has 1 N–H and O–H groups in total. The molecule has 1 saturated heterocycles. The molecule has 26 heavy (non-hydrogen) atoms. The predicted octanol–water partition coefficient (Wildman–Crippen LogP) is 4.04. The van der Waals surface area contributed by atoms with Crippen LogP contribution in [0.15, 0.2) is 34.5 Å². The smallest absolute Gasteiger partial charge is 0.265 e. The molecule has 0 unspecified atom stereocenters. The molecule has 2 aromatic rings. The lowest BCUT2D eigenvalue weighted by Crippen LogP contribution is -2.37. The van der Waals surface area contributed by atoms with E-state index in [0.29, 0.717) is 23.9 Å². The van der Waals surface area contributed by atoms with Crippen LogP contribution in [0.3, 0.4) is 0 Å². The van der Waals surface area contributed by atoms with Crippen LogP contribution in [0.1, 0.15) is 40.6 Å². The number of rotatable bonds is 4. The molecule has 140 valence electrons. The number of thiophene rings is 1. The molecule has 5 nitrogen and oxygen atoms in total. The minimum atomic E-state index is -3.51. The van der Waals surface area contributed by atoms with Crippen molar-refractivity contribution in [1.82, 2.24) is 4.31 Å². The normalized spacial score (nSPS) is 16.6. The number of hydrogen-bond donors (Lipinski definition) is 1. The highest BCUT2D eigenvalue weighted by molar-refractivity contribution is 7.91. The van der Waals surface area contributed by atoms with Gasteiger partial charge in [-0.1, -0.05) is 19.1 Å². The quantitative estimate of drug-likeness (QED) is 0.854. The van der Waals surface area contributed by atoms with Gasteiger partial charge in [0.05, 0.1) is 4.88 Å². The summed E-state index contributed by atoms with van der Waals surface area (Å²) in [4.78, 5) is 12.9. The Kier molecular flexibility index (Phi) is 5.50. The fourth-order valence-electron chi connectivity index (χ4n) is 3.00. The Bertz CT molecular complexity index is 911. The van der Waals surface area contributed by atoms with E-state index in [2.05, 4.69) is 12.2 Å². The Balaban J connectivity index is 1.76. The first-order valence-corrected chi connectivity index (χ1v) is 11.0. The van der Waals surface area contributed by atoms with Gasteiger partial charge in [0.25, 0.3) is 15.9 Å². The van der Waals surface area contributed by atoms with Gasteiger partial charge < -0.3 is 5.32 Å². The van der Waals surface area contributed by atoms with E-state index in [-0.39, 0.29) is 10.1 Å². The zero-order chi connectivity index (χ0) is 18.9. The summed E-state index contributed by atoms with van der Waals surface area (Å²) in [6, 6.07) is 8.85. The van der Waals surface area contributed by atoms with Crippen LogP contribution in [0.4, 0.5) is 5.69 Å². The molecule has 0 radical (unpaired) electrons. The number of carbonyl (C=O) groups excluding carboxylic acids is 1. The lowest BCUT2D eigenvalue weighted by Gasteiger charge is -2.28. The number of nitrogens with zero attached hydrogens (tertiary/aromatic N) is 1. The van der Waals surface area contributed by atoms with E-state index in [1.807, 2.05) is 32.0 Å². The molecule has 0 atom stereocenters. The van der Waals surface area contributed by atoms with E-state index >= 15 is 0 Å². The Morgan fingerprint density at radius 2 is 1.85 bits per heavy atom. The topological polar surface area (TPSA) is 66.5 Å². The van der Waals surface area contributed by atoms with Crippen LogP contribution in [-0.4, -0.2) is 31.7 Å². The van der Waals surface area contributed by atoms with Gasteiger partial charge in [-0.3, -0.25) is 4.79 Å². The third-order valence-corrected chi connectivity index (χ3v) is 8.44. The van der Waals surface area contributed by atoms with E-state index in [4.69, 9.17) is 0 Å².